The van der Waals surface area contributed by atoms with Gasteiger partial charge in [-0.2, -0.15) is 0 Å². The highest BCUT2D eigenvalue weighted by Gasteiger charge is 2.44. The van der Waals surface area contributed by atoms with Crippen molar-refractivity contribution in [3.8, 4) is 5.75 Å². The summed E-state index contributed by atoms with van der Waals surface area (Å²) in [5, 5.41) is 0. The number of carbonyl (C=O) groups excluding carboxylic acids is 1. The van der Waals surface area contributed by atoms with Gasteiger partial charge < -0.3 is 15.4 Å². The minimum Gasteiger partial charge on any atom is -0.471 e. The van der Waals surface area contributed by atoms with E-state index in [9.17, 15) is 4.79 Å². The Morgan fingerprint density at radius 2 is 1.75 bits per heavy atom. The first-order valence-corrected chi connectivity index (χ1v) is 6.44. The predicted octanol–water partition coefficient (Wildman–Crippen LogP) is 2.54. The first-order chi connectivity index (χ1) is 9.52. The van der Waals surface area contributed by atoms with Crippen LogP contribution in [-0.4, -0.2) is 13.0 Å². The van der Waals surface area contributed by atoms with Gasteiger partial charge in [0.05, 0.1) is 5.69 Å². The van der Waals surface area contributed by atoms with Gasteiger partial charge in [-0.1, -0.05) is 24.3 Å². The smallest absolute Gasteiger partial charge is 0.275 e. The van der Waals surface area contributed by atoms with Crippen LogP contribution in [0.15, 0.2) is 48.5 Å². The molecule has 0 saturated heterocycles. The van der Waals surface area contributed by atoms with Crippen molar-refractivity contribution >= 4 is 17.3 Å². The van der Waals surface area contributed by atoms with Gasteiger partial charge in [0.25, 0.3) is 5.91 Å². The Kier molecular flexibility index (Phi) is 2.67. The van der Waals surface area contributed by atoms with E-state index in [2.05, 4.69) is 0 Å². The molecular weight excluding hydrogens is 252 g/mol. The van der Waals surface area contributed by atoms with Gasteiger partial charge in [0.15, 0.2) is 0 Å². The van der Waals surface area contributed by atoms with Gasteiger partial charge in [0.1, 0.15) is 5.75 Å². The summed E-state index contributed by atoms with van der Waals surface area (Å²) in [6, 6.07) is 14.7. The van der Waals surface area contributed by atoms with E-state index in [1.807, 2.05) is 36.4 Å². The summed E-state index contributed by atoms with van der Waals surface area (Å²) < 4.78 is 6.00. The summed E-state index contributed by atoms with van der Waals surface area (Å²) in [6.07, 6.45) is 0. The predicted molar refractivity (Wildman–Crippen MR) is 78.7 cm³/mol. The van der Waals surface area contributed by atoms with E-state index in [4.69, 9.17) is 10.5 Å². The third-order valence-corrected chi connectivity index (χ3v) is 3.71. The van der Waals surface area contributed by atoms with Crippen LogP contribution in [0.4, 0.5) is 11.4 Å². The van der Waals surface area contributed by atoms with Crippen molar-refractivity contribution in [3.63, 3.8) is 0 Å². The van der Waals surface area contributed by atoms with Crippen molar-refractivity contribution < 1.29 is 9.53 Å². The number of likely N-dealkylation sites (N-methyl/N-ethyl adjacent to an activating group) is 1. The second-order valence-electron chi connectivity index (χ2n) is 5.09. The average molecular weight is 268 g/mol. The standard InChI is InChI=1S/C16H16N2O2/c1-16(11-7-9-12(17)10-8-11)15(19)18(2)13-5-3-4-6-14(13)20-16/h3-10H,17H2,1-2H3. The van der Waals surface area contributed by atoms with Crippen LogP contribution in [0.1, 0.15) is 12.5 Å². The topological polar surface area (TPSA) is 55.6 Å². The van der Waals surface area contributed by atoms with Gasteiger partial charge >= 0.3 is 0 Å². The molecule has 0 aromatic heterocycles. The normalized spacial score (nSPS) is 21.3. The van der Waals surface area contributed by atoms with Crippen molar-refractivity contribution in [2.24, 2.45) is 0 Å². The van der Waals surface area contributed by atoms with Gasteiger partial charge in [-0.3, -0.25) is 4.79 Å². The maximum Gasteiger partial charge on any atom is 0.275 e. The first-order valence-electron chi connectivity index (χ1n) is 6.44. The molecule has 0 spiro atoms. The molecule has 3 rings (SSSR count). The SMILES string of the molecule is CN1C(=O)C(C)(c2ccc(N)cc2)Oc2ccccc21. The fourth-order valence-electron chi connectivity index (χ4n) is 2.50. The Bertz CT molecular complexity index is 666. The van der Waals surface area contributed by atoms with E-state index in [1.165, 1.54) is 0 Å². The van der Waals surface area contributed by atoms with E-state index in [0.29, 0.717) is 11.4 Å². The Balaban J connectivity index is 2.11. The van der Waals surface area contributed by atoms with Gasteiger partial charge in [-0.25, -0.2) is 0 Å². The lowest BCUT2D eigenvalue weighted by atomic mass is 9.92. The van der Waals surface area contributed by atoms with Crippen LogP contribution in [0.2, 0.25) is 0 Å². The van der Waals surface area contributed by atoms with Crippen LogP contribution in [0.5, 0.6) is 5.75 Å². The number of carbonyl (C=O) groups is 1. The molecular formula is C16H16N2O2. The Morgan fingerprint density at radius 3 is 2.45 bits per heavy atom. The van der Waals surface area contributed by atoms with Crippen LogP contribution >= 0.6 is 0 Å². The highest BCUT2D eigenvalue weighted by molar-refractivity contribution is 6.02. The number of fused-ring (bicyclic) bond motifs is 1. The van der Waals surface area contributed by atoms with Crippen LogP contribution in [0.25, 0.3) is 0 Å². The summed E-state index contributed by atoms with van der Waals surface area (Å²) in [6.45, 7) is 1.79. The first kappa shape index (κ1) is 12.5. The molecule has 4 nitrogen and oxygen atoms in total. The molecule has 2 N–H and O–H groups in total. The largest absolute Gasteiger partial charge is 0.471 e. The number of nitrogens with zero attached hydrogens (tertiary/aromatic N) is 1. The maximum absolute atomic E-state index is 12.7. The van der Waals surface area contributed by atoms with Crippen molar-refractivity contribution in [3.05, 3.63) is 54.1 Å². The number of para-hydroxylation sites is 2. The van der Waals surface area contributed by atoms with E-state index in [1.54, 1.807) is 31.0 Å². The molecule has 1 amide bonds. The quantitative estimate of drug-likeness (QED) is 0.809. The van der Waals surface area contributed by atoms with Crippen molar-refractivity contribution in [2.75, 3.05) is 17.7 Å². The fraction of sp³-hybridized carbons (Fsp3) is 0.188. The van der Waals surface area contributed by atoms with E-state index in [-0.39, 0.29) is 5.91 Å². The Morgan fingerprint density at radius 1 is 1.10 bits per heavy atom. The van der Waals surface area contributed by atoms with Gasteiger partial charge in [-0.15, -0.1) is 0 Å². The van der Waals surface area contributed by atoms with Crippen molar-refractivity contribution in [1.82, 2.24) is 0 Å². The average Bonchev–Trinajstić information content (AvgIpc) is 2.46. The molecule has 1 heterocycles. The molecule has 0 bridgehead atoms. The number of nitrogens with two attached hydrogens (primary N) is 1. The molecule has 1 aliphatic rings. The summed E-state index contributed by atoms with van der Waals surface area (Å²) in [5.74, 6) is 0.606. The molecule has 2 aromatic rings. The van der Waals surface area contributed by atoms with Gasteiger partial charge in [0, 0.05) is 18.3 Å². The third kappa shape index (κ3) is 1.72. The lowest BCUT2D eigenvalue weighted by Gasteiger charge is -2.39. The number of nitrogen functional groups attached to an aromatic ring is 1. The monoisotopic (exact) mass is 268 g/mol. The van der Waals surface area contributed by atoms with Crippen LogP contribution in [-0.2, 0) is 10.4 Å². The van der Waals surface area contributed by atoms with E-state index < -0.39 is 5.60 Å². The summed E-state index contributed by atoms with van der Waals surface area (Å²) in [7, 11) is 1.76. The molecule has 4 heteroatoms. The highest BCUT2D eigenvalue weighted by atomic mass is 16.5. The highest BCUT2D eigenvalue weighted by Crippen LogP contribution is 2.41. The van der Waals surface area contributed by atoms with Crippen molar-refractivity contribution in [2.45, 2.75) is 12.5 Å². The summed E-state index contributed by atoms with van der Waals surface area (Å²) in [4.78, 5) is 14.3. The van der Waals surface area contributed by atoms with Crippen molar-refractivity contribution in [1.29, 1.82) is 0 Å². The molecule has 0 fully saturated rings. The van der Waals surface area contributed by atoms with E-state index in [0.717, 1.165) is 11.3 Å². The maximum atomic E-state index is 12.7. The Labute approximate surface area is 117 Å². The molecule has 0 aliphatic carbocycles. The molecule has 0 saturated carbocycles. The minimum absolute atomic E-state index is 0.0963. The van der Waals surface area contributed by atoms with Crippen LogP contribution in [0.3, 0.4) is 0 Å². The molecule has 1 atom stereocenters. The number of amides is 1. The zero-order chi connectivity index (χ0) is 14.3. The lowest BCUT2D eigenvalue weighted by Crippen LogP contribution is -2.50. The number of anilines is 2. The molecule has 0 radical (unpaired) electrons. The molecule has 2 aromatic carbocycles. The third-order valence-electron chi connectivity index (χ3n) is 3.71. The van der Waals surface area contributed by atoms with Crippen LogP contribution < -0.4 is 15.4 Å². The minimum atomic E-state index is -1.03. The summed E-state index contributed by atoms with van der Waals surface area (Å²) in [5.41, 5.74) is 6.90. The second kappa shape index (κ2) is 4.27. The van der Waals surface area contributed by atoms with Gasteiger partial charge in [-0.05, 0) is 31.2 Å². The van der Waals surface area contributed by atoms with Gasteiger partial charge in [0.2, 0.25) is 5.60 Å². The molecule has 1 aliphatic heterocycles. The number of hydrogen-bond acceptors (Lipinski definition) is 3. The number of ether oxygens (including phenoxy) is 1. The Hall–Kier alpha value is -2.49. The molecule has 20 heavy (non-hydrogen) atoms. The number of hydrogen-bond donors (Lipinski definition) is 1. The second-order valence-corrected chi connectivity index (χ2v) is 5.09. The zero-order valence-corrected chi connectivity index (χ0v) is 11.5. The molecule has 102 valence electrons. The molecule has 1 unspecified atom stereocenters. The zero-order valence-electron chi connectivity index (χ0n) is 11.5. The lowest BCUT2D eigenvalue weighted by molar-refractivity contribution is -0.134. The summed E-state index contributed by atoms with van der Waals surface area (Å²) >= 11 is 0. The number of benzene rings is 2. The van der Waals surface area contributed by atoms with E-state index >= 15 is 0 Å². The van der Waals surface area contributed by atoms with Crippen LogP contribution in [0, 0.1) is 0 Å². The fourth-order valence-corrected chi connectivity index (χ4v) is 2.50. The number of rotatable bonds is 1.